The zero-order chi connectivity index (χ0) is 15.1. The number of hydrogen-bond donors (Lipinski definition) is 2. The van der Waals surface area contributed by atoms with E-state index < -0.39 is 0 Å². The Morgan fingerprint density at radius 1 is 1.38 bits per heavy atom. The van der Waals surface area contributed by atoms with Gasteiger partial charge >= 0.3 is 0 Å². The number of rotatable bonds is 6. The third-order valence-corrected chi connectivity index (χ3v) is 3.14. The van der Waals surface area contributed by atoms with Crippen LogP contribution in [-0.2, 0) is 9.47 Å². The van der Waals surface area contributed by atoms with Gasteiger partial charge in [0.05, 0.1) is 26.0 Å². The maximum absolute atomic E-state index is 5.73. The van der Waals surface area contributed by atoms with E-state index in [2.05, 4.69) is 26.1 Å². The van der Waals surface area contributed by atoms with Gasteiger partial charge in [-0.3, -0.25) is 0 Å². The molecule has 0 amide bonds. The standard InChI is InChI=1S/C13H17BrN4O3/c14-10-1-2-11(9(7-10)8-17-18-13(15)16)19-4-3-12-20-5-6-21-12/h1-2,7-8,12H,3-6H2,(H4,15,16,18). The summed E-state index contributed by atoms with van der Waals surface area (Å²) in [6.07, 6.45) is 2.02. The van der Waals surface area contributed by atoms with Crippen LogP contribution in [0.3, 0.4) is 0 Å². The fourth-order valence-electron chi connectivity index (χ4n) is 1.75. The second-order valence-corrected chi connectivity index (χ2v) is 5.18. The number of guanidine groups is 1. The van der Waals surface area contributed by atoms with Crippen LogP contribution in [0.5, 0.6) is 5.75 Å². The second kappa shape index (κ2) is 7.96. The molecule has 0 bridgehead atoms. The van der Waals surface area contributed by atoms with Crippen LogP contribution >= 0.6 is 15.9 Å². The molecule has 21 heavy (non-hydrogen) atoms. The van der Waals surface area contributed by atoms with Crippen molar-refractivity contribution < 1.29 is 14.2 Å². The van der Waals surface area contributed by atoms with Gasteiger partial charge in [-0.05, 0) is 18.2 Å². The third kappa shape index (κ3) is 5.33. The van der Waals surface area contributed by atoms with E-state index >= 15 is 0 Å². The lowest BCUT2D eigenvalue weighted by Gasteiger charge is -2.12. The van der Waals surface area contributed by atoms with Crippen molar-refractivity contribution in [3.8, 4) is 5.75 Å². The molecule has 4 N–H and O–H groups in total. The van der Waals surface area contributed by atoms with Crippen molar-refractivity contribution >= 4 is 28.1 Å². The fraction of sp³-hybridized carbons (Fsp3) is 0.385. The van der Waals surface area contributed by atoms with Gasteiger partial charge in [0, 0.05) is 16.5 Å². The quantitative estimate of drug-likeness (QED) is 0.452. The van der Waals surface area contributed by atoms with E-state index in [-0.39, 0.29) is 12.2 Å². The molecule has 8 heteroatoms. The molecule has 0 atom stereocenters. The van der Waals surface area contributed by atoms with Crippen molar-refractivity contribution in [2.24, 2.45) is 21.7 Å². The smallest absolute Gasteiger partial charge is 0.211 e. The maximum Gasteiger partial charge on any atom is 0.211 e. The lowest BCUT2D eigenvalue weighted by atomic mass is 10.2. The number of ether oxygens (including phenoxy) is 3. The van der Waals surface area contributed by atoms with E-state index in [4.69, 9.17) is 25.7 Å². The zero-order valence-electron chi connectivity index (χ0n) is 11.4. The van der Waals surface area contributed by atoms with Crippen molar-refractivity contribution in [1.29, 1.82) is 0 Å². The predicted octanol–water partition coefficient (Wildman–Crippen LogP) is 1.20. The molecule has 1 aliphatic heterocycles. The van der Waals surface area contributed by atoms with Gasteiger partial charge in [-0.1, -0.05) is 15.9 Å². The van der Waals surface area contributed by atoms with Crippen LogP contribution in [0, 0.1) is 0 Å². The van der Waals surface area contributed by atoms with E-state index in [0.29, 0.717) is 32.0 Å². The van der Waals surface area contributed by atoms with E-state index in [1.165, 1.54) is 6.21 Å². The number of halogens is 1. The largest absolute Gasteiger partial charge is 0.493 e. The first-order chi connectivity index (χ1) is 10.1. The molecule has 7 nitrogen and oxygen atoms in total. The Balaban J connectivity index is 1.97. The number of nitrogens with two attached hydrogens (primary N) is 2. The molecular weight excluding hydrogens is 340 g/mol. The van der Waals surface area contributed by atoms with Gasteiger partial charge in [-0.2, -0.15) is 5.10 Å². The molecule has 0 spiro atoms. The molecule has 114 valence electrons. The summed E-state index contributed by atoms with van der Waals surface area (Å²) in [5, 5.41) is 7.36. The SMILES string of the molecule is NC(N)=NN=Cc1cc(Br)ccc1OCCC1OCCO1. The highest BCUT2D eigenvalue weighted by atomic mass is 79.9. The van der Waals surface area contributed by atoms with Crippen LogP contribution in [0.1, 0.15) is 12.0 Å². The average molecular weight is 357 g/mol. The maximum atomic E-state index is 5.73. The minimum atomic E-state index is -0.181. The molecule has 1 aliphatic rings. The second-order valence-electron chi connectivity index (χ2n) is 4.26. The molecule has 0 radical (unpaired) electrons. The van der Waals surface area contributed by atoms with E-state index in [0.717, 1.165) is 10.0 Å². The van der Waals surface area contributed by atoms with Gasteiger partial charge in [0.25, 0.3) is 0 Å². The molecule has 1 saturated heterocycles. The normalized spacial score (nSPS) is 15.5. The summed E-state index contributed by atoms with van der Waals surface area (Å²) in [5.74, 6) is 0.588. The van der Waals surface area contributed by atoms with Crippen LogP contribution < -0.4 is 16.2 Å². The summed E-state index contributed by atoms with van der Waals surface area (Å²) in [6, 6.07) is 5.59. The Kier molecular flexibility index (Phi) is 5.97. The molecule has 1 aromatic carbocycles. The van der Waals surface area contributed by atoms with E-state index in [1.807, 2.05) is 18.2 Å². The molecule has 0 aromatic heterocycles. The summed E-state index contributed by atoms with van der Waals surface area (Å²) in [6.45, 7) is 1.76. The van der Waals surface area contributed by atoms with Gasteiger partial charge in [-0.15, -0.1) is 5.10 Å². The van der Waals surface area contributed by atoms with Crippen molar-refractivity contribution in [2.75, 3.05) is 19.8 Å². The first kappa shape index (κ1) is 15.7. The molecule has 0 saturated carbocycles. The Labute approximate surface area is 131 Å². The minimum absolute atomic E-state index is 0.0979. The highest BCUT2D eigenvalue weighted by Crippen LogP contribution is 2.22. The van der Waals surface area contributed by atoms with Gasteiger partial charge in [0.15, 0.2) is 6.29 Å². The predicted molar refractivity (Wildman–Crippen MR) is 83.3 cm³/mol. The van der Waals surface area contributed by atoms with E-state index in [1.54, 1.807) is 0 Å². The molecular formula is C13H17BrN4O3. The van der Waals surface area contributed by atoms with Crippen molar-refractivity contribution in [3.63, 3.8) is 0 Å². The topological polar surface area (TPSA) is 104 Å². The molecule has 1 heterocycles. The minimum Gasteiger partial charge on any atom is -0.493 e. The first-order valence-corrected chi connectivity index (χ1v) is 7.22. The van der Waals surface area contributed by atoms with Crippen LogP contribution in [-0.4, -0.2) is 38.3 Å². The molecule has 1 fully saturated rings. The van der Waals surface area contributed by atoms with Crippen LogP contribution in [0.15, 0.2) is 32.9 Å². The molecule has 0 aliphatic carbocycles. The van der Waals surface area contributed by atoms with Crippen LogP contribution in [0.25, 0.3) is 0 Å². The molecule has 1 aromatic rings. The lowest BCUT2D eigenvalue weighted by molar-refractivity contribution is -0.0531. The Morgan fingerprint density at radius 2 is 2.14 bits per heavy atom. The number of nitrogens with zero attached hydrogens (tertiary/aromatic N) is 2. The first-order valence-electron chi connectivity index (χ1n) is 6.42. The summed E-state index contributed by atoms with van der Waals surface area (Å²) in [4.78, 5) is 0. The van der Waals surface area contributed by atoms with Crippen LogP contribution in [0.2, 0.25) is 0 Å². The fourth-order valence-corrected chi connectivity index (χ4v) is 2.13. The monoisotopic (exact) mass is 356 g/mol. The third-order valence-electron chi connectivity index (χ3n) is 2.64. The van der Waals surface area contributed by atoms with Crippen molar-refractivity contribution in [2.45, 2.75) is 12.7 Å². The van der Waals surface area contributed by atoms with Crippen molar-refractivity contribution in [3.05, 3.63) is 28.2 Å². The zero-order valence-corrected chi connectivity index (χ0v) is 13.0. The summed E-state index contributed by atoms with van der Waals surface area (Å²) in [5.41, 5.74) is 11.2. The number of hydrogen-bond acceptors (Lipinski definition) is 5. The Morgan fingerprint density at radius 3 is 2.86 bits per heavy atom. The highest BCUT2D eigenvalue weighted by Gasteiger charge is 2.15. The van der Waals surface area contributed by atoms with Gasteiger partial charge in [-0.25, -0.2) is 0 Å². The number of benzene rings is 1. The van der Waals surface area contributed by atoms with Gasteiger partial charge < -0.3 is 25.7 Å². The van der Waals surface area contributed by atoms with Crippen molar-refractivity contribution in [1.82, 2.24) is 0 Å². The highest BCUT2D eigenvalue weighted by molar-refractivity contribution is 9.10. The Hall–Kier alpha value is -1.64. The average Bonchev–Trinajstić information content (AvgIpc) is 2.94. The van der Waals surface area contributed by atoms with E-state index in [9.17, 15) is 0 Å². The lowest BCUT2D eigenvalue weighted by Crippen LogP contribution is -2.21. The molecule has 2 rings (SSSR count). The summed E-state index contributed by atoms with van der Waals surface area (Å²) in [7, 11) is 0. The van der Waals surface area contributed by atoms with Gasteiger partial charge in [0.1, 0.15) is 5.75 Å². The molecule has 0 unspecified atom stereocenters. The summed E-state index contributed by atoms with van der Waals surface area (Å²) >= 11 is 3.40. The Bertz CT molecular complexity index is 526. The van der Waals surface area contributed by atoms with Crippen LogP contribution in [0.4, 0.5) is 0 Å². The summed E-state index contributed by atoms with van der Waals surface area (Å²) < 4.78 is 17.3. The van der Waals surface area contributed by atoms with Gasteiger partial charge in [0.2, 0.25) is 5.96 Å².